The lowest BCUT2D eigenvalue weighted by atomic mass is 10.1. The Balaban J connectivity index is 1.97. The summed E-state index contributed by atoms with van der Waals surface area (Å²) in [6.07, 6.45) is 4.09. The lowest BCUT2D eigenvalue weighted by Crippen LogP contribution is -2.18. The average Bonchev–Trinajstić information content (AvgIpc) is 2.81. The topological polar surface area (TPSA) is 29.9 Å². The molecule has 0 aliphatic rings. The summed E-state index contributed by atoms with van der Waals surface area (Å²) < 4.78 is 2.02. The van der Waals surface area contributed by atoms with E-state index in [1.165, 1.54) is 22.3 Å². The predicted octanol–water partition coefficient (Wildman–Crippen LogP) is 3.29. The fraction of sp³-hybridized carbons (Fsp3) is 0.471. The fourth-order valence-corrected chi connectivity index (χ4v) is 2.23. The van der Waals surface area contributed by atoms with Crippen molar-refractivity contribution in [3.05, 3.63) is 52.8 Å². The Labute approximate surface area is 122 Å². The van der Waals surface area contributed by atoms with Crippen molar-refractivity contribution in [2.45, 2.75) is 40.8 Å². The van der Waals surface area contributed by atoms with Crippen molar-refractivity contribution in [2.75, 3.05) is 6.54 Å². The molecule has 20 heavy (non-hydrogen) atoms. The maximum absolute atomic E-state index is 4.46. The van der Waals surface area contributed by atoms with E-state index in [0.717, 1.165) is 19.6 Å². The molecule has 0 saturated heterocycles. The molecule has 0 fully saturated rings. The second-order valence-corrected chi connectivity index (χ2v) is 6.00. The highest BCUT2D eigenvalue weighted by Gasteiger charge is 2.03. The normalized spacial score (nSPS) is 11.2. The van der Waals surface area contributed by atoms with E-state index in [-0.39, 0.29) is 0 Å². The maximum Gasteiger partial charge on any atom is 0.0662 e. The van der Waals surface area contributed by atoms with Crippen LogP contribution in [0.1, 0.15) is 36.1 Å². The molecule has 0 aliphatic heterocycles. The van der Waals surface area contributed by atoms with Crippen LogP contribution in [0.25, 0.3) is 0 Å². The third-order valence-electron chi connectivity index (χ3n) is 3.41. The molecule has 0 bridgehead atoms. The van der Waals surface area contributed by atoms with Crippen LogP contribution in [0.4, 0.5) is 0 Å². The third-order valence-corrected chi connectivity index (χ3v) is 3.41. The first-order valence-corrected chi connectivity index (χ1v) is 7.33. The zero-order valence-electron chi connectivity index (χ0n) is 13.0. The average molecular weight is 271 g/mol. The van der Waals surface area contributed by atoms with Gasteiger partial charge in [-0.05, 0) is 37.4 Å². The molecule has 1 aromatic heterocycles. The number of nitrogens with one attached hydrogen (secondary N) is 1. The Kier molecular flexibility index (Phi) is 4.96. The van der Waals surface area contributed by atoms with Crippen LogP contribution in [0.2, 0.25) is 0 Å². The van der Waals surface area contributed by atoms with Crippen molar-refractivity contribution >= 4 is 0 Å². The molecule has 1 N–H and O–H groups in total. The molecule has 2 aromatic rings. The van der Waals surface area contributed by atoms with Crippen molar-refractivity contribution < 1.29 is 0 Å². The van der Waals surface area contributed by atoms with Crippen LogP contribution >= 0.6 is 0 Å². The van der Waals surface area contributed by atoms with Crippen LogP contribution in [-0.2, 0) is 13.1 Å². The van der Waals surface area contributed by atoms with Gasteiger partial charge in [0.15, 0.2) is 0 Å². The van der Waals surface area contributed by atoms with Crippen molar-refractivity contribution in [3.8, 4) is 0 Å². The van der Waals surface area contributed by atoms with E-state index >= 15 is 0 Å². The lowest BCUT2D eigenvalue weighted by Gasteiger charge is -2.07. The van der Waals surface area contributed by atoms with E-state index in [2.05, 4.69) is 62.5 Å². The predicted molar refractivity (Wildman–Crippen MR) is 83.8 cm³/mol. The van der Waals surface area contributed by atoms with Gasteiger partial charge in [-0.25, -0.2) is 0 Å². The molecule has 0 amide bonds. The first-order valence-electron chi connectivity index (χ1n) is 7.33. The third kappa shape index (κ3) is 4.20. The summed E-state index contributed by atoms with van der Waals surface area (Å²) in [5.74, 6) is 0.681. The summed E-state index contributed by atoms with van der Waals surface area (Å²) in [6.45, 7) is 11.5. The number of nitrogens with zero attached hydrogens (tertiary/aromatic N) is 2. The van der Waals surface area contributed by atoms with Crippen LogP contribution in [0.3, 0.4) is 0 Å². The zero-order valence-corrected chi connectivity index (χ0v) is 13.0. The largest absolute Gasteiger partial charge is 0.312 e. The highest BCUT2D eigenvalue weighted by atomic mass is 15.3. The van der Waals surface area contributed by atoms with Gasteiger partial charge in [0.25, 0.3) is 0 Å². The Morgan fingerprint density at radius 2 is 2.05 bits per heavy atom. The van der Waals surface area contributed by atoms with E-state index in [0.29, 0.717) is 5.92 Å². The summed E-state index contributed by atoms with van der Waals surface area (Å²) in [5.41, 5.74) is 5.22. The summed E-state index contributed by atoms with van der Waals surface area (Å²) >= 11 is 0. The maximum atomic E-state index is 4.46. The number of aromatic nitrogens is 2. The molecule has 2 rings (SSSR count). The molecular formula is C17H25N3. The Morgan fingerprint density at radius 1 is 1.25 bits per heavy atom. The highest BCUT2D eigenvalue weighted by molar-refractivity contribution is 5.30. The Morgan fingerprint density at radius 3 is 2.80 bits per heavy atom. The van der Waals surface area contributed by atoms with E-state index in [1.54, 1.807) is 0 Å². The Bertz CT molecular complexity index is 555. The van der Waals surface area contributed by atoms with E-state index in [4.69, 9.17) is 0 Å². The van der Waals surface area contributed by atoms with E-state index < -0.39 is 0 Å². The molecule has 0 spiro atoms. The first kappa shape index (κ1) is 14.8. The summed E-state index contributed by atoms with van der Waals surface area (Å²) in [5, 5.41) is 7.90. The lowest BCUT2D eigenvalue weighted by molar-refractivity contribution is 0.552. The van der Waals surface area contributed by atoms with Gasteiger partial charge in [0.2, 0.25) is 0 Å². The first-order chi connectivity index (χ1) is 9.54. The summed E-state index contributed by atoms with van der Waals surface area (Å²) in [4.78, 5) is 0. The van der Waals surface area contributed by atoms with Gasteiger partial charge >= 0.3 is 0 Å². The van der Waals surface area contributed by atoms with Crippen LogP contribution in [0, 0.1) is 19.8 Å². The molecule has 0 radical (unpaired) electrons. The van der Waals surface area contributed by atoms with Crippen molar-refractivity contribution in [2.24, 2.45) is 5.92 Å². The molecule has 0 atom stereocenters. The molecule has 0 saturated carbocycles. The molecule has 108 valence electrons. The van der Waals surface area contributed by atoms with Gasteiger partial charge in [-0.3, -0.25) is 4.68 Å². The van der Waals surface area contributed by atoms with E-state index in [9.17, 15) is 0 Å². The molecule has 3 heteroatoms. The molecular weight excluding hydrogens is 246 g/mol. The zero-order chi connectivity index (χ0) is 14.5. The molecule has 3 nitrogen and oxygen atoms in total. The number of hydrogen-bond acceptors (Lipinski definition) is 2. The standard InChI is InChI=1S/C17H25N3/c1-13(2)8-18-9-16-10-19-20(11-16)12-17-7-14(3)5-6-15(17)4/h5-7,10-11,13,18H,8-9,12H2,1-4H3. The van der Waals surface area contributed by atoms with Gasteiger partial charge in [-0.1, -0.05) is 37.6 Å². The van der Waals surface area contributed by atoms with Crippen LogP contribution < -0.4 is 5.32 Å². The van der Waals surface area contributed by atoms with Gasteiger partial charge in [0.1, 0.15) is 0 Å². The van der Waals surface area contributed by atoms with Gasteiger partial charge < -0.3 is 5.32 Å². The second-order valence-electron chi connectivity index (χ2n) is 6.00. The summed E-state index contributed by atoms with van der Waals surface area (Å²) in [6, 6.07) is 6.58. The van der Waals surface area contributed by atoms with Gasteiger partial charge in [0, 0.05) is 18.3 Å². The molecule has 0 aliphatic carbocycles. The minimum Gasteiger partial charge on any atom is -0.312 e. The minimum atomic E-state index is 0.681. The fourth-order valence-electron chi connectivity index (χ4n) is 2.23. The Hall–Kier alpha value is -1.61. The summed E-state index contributed by atoms with van der Waals surface area (Å²) in [7, 11) is 0. The smallest absolute Gasteiger partial charge is 0.0662 e. The van der Waals surface area contributed by atoms with Crippen LogP contribution in [-0.4, -0.2) is 16.3 Å². The van der Waals surface area contributed by atoms with Gasteiger partial charge in [0.05, 0.1) is 12.7 Å². The second kappa shape index (κ2) is 6.71. The van der Waals surface area contributed by atoms with Crippen LogP contribution in [0.15, 0.2) is 30.6 Å². The number of hydrogen-bond donors (Lipinski definition) is 1. The van der Waals surface area contributed by atoms with Gasteiger partial charge in [-0.15, -0.1) is 0 Å². The van der Waals surface area contributed by atoms with Gasteiger partial charge in [-0.2, -0.15) is 5.10 Å². The van der Waals surface area contributed by atoms with Crippen molar-refractivity contribution in [1.29, 1.82) is 0 Å². The van der Waals surface area contributed by atoms with Crippen molar-refractivity contribution in [1.82, 2.24) is 15.1 Å². The monoisotopic (exact) mass is 271 g/mol. The number of rotatable bonds is 6. The number of benzene rings is 1. The SMILES string of the molecule is Cc1ccc(C)c(Cn2cc(CNCC(C)C)cn2)c1. The molecule has 1 heterocycles. The minimum absolute atomic E-state index is 0.681. The quantitative estimate of drug-likeness (QED) is 0.873. The molecule has 1 aromatic carbocycles. The van der Waals surface area contributed by atoms with Crippen molar-refractivity contribution in [3.63, 3.8) is 0 Å². The van der Waals surface area contributed by atoms with E-state index in [1.807, 2.05) is 10.9 Å². The van der Waals surface area contributed by atoms with Crippen LogP contribution in [0.5, 0.6) is 0 Å². The molecule has 0 unspecified atom stereocenters. The highest BCUT2D eigenvalue weighted by Crippen LogP contribution is 2.12. The number of aryl methyl sites for hydroxylation is 2.